The SMILES string of the molecule is CS(=O)(=O)N1CCC(C(=O)N2C3CCC2CC(Oc2ccccn2)C3)CC1. The maximum atomic E-state index is 13.1. The van der Waals surface area contributed by atoms with E-state index in [2.05, 4.69) is 9.88 Å². The third-order valence-corrected chi connectivity index (χ3v) is 7.44. The first-order valence-corrected chi connectivity index (χ1v) is 11.6. The topological polar surface area (TPSA) is 79.8 Å². The van der Waals surface area contributed by atoms with E-state index in [1.807, 2.05) is 18.2 Å². The summed E-state index contributed by atoms with van der Waals surface area (Å²) in [5.41, 5.74) is 0. The van der Waals surface area contributed by atoms with Crippen LogP contribution in [0.5, 0.6) is 5.88 Å². The quantitative estimate of drug-likeness (QED) is 0.777. The number of hydrogen-bond donors (Lipinski definition) is 0. The summed E-state index contributed by atoms with van der Waals surface area (Å²) < 4.78 is 30.9. The average Bonchev–Trinajstić information content (AvgIpc) is 2.92. The molecule has 0 saturated carbocycles. The van der Waals surface area contributed by atoms with E-state index in [1.165, 1.54) is 10.6 Å². The van der Waals surface area contributed by atoms with Gasteiger partial charge < -0.3 is 9.64 Å². The number of carbonyl (C=O) groups excluding carboxylic acids is 1. The first-order valence-electron chi connectivity index (χ1n) is 9.77. The maximum absolute atomic E-state index is 13.1. The Hall–Kier alpha value is -1.67. The minimum absolute atomic E-state index is 0.0561. The van der Waals surface area contributed by atoms with Gasteiger partial charge in [-0.05, 0) is 31.7 Å². The number of nitrogens with zero attached hydrogens (tertiary/aromatic N) is 3. The van der Waals surface area contributed by atoms with Gasteiger partial charge in [-0.3, -0.25) is 4.79 Å². The number of aromatic nitrogens is 1. The van der Waals surface area contributed by atoms with Crippen molar-refractivity contribution < 1.29 is 17.9 Å². The normalized spacial score (nSPS) is 29.7. The third-order valence-electron chi connectivity index (χ3n) is 6.14. The molecule has 2 atom stereocenters. The fourth-order valence-electron chi connectivity index (χ4n) is 4.82. The number of ether oxygens (including phenoxy) is 1. The van der Waals surface area contributed by atoms with Crippen LogP contribution in [0.1, 0.15) is 38.5 Å². The summed E-state index contributed by atoms with van der Waals surface area (Å²) >= 11 is 0. The molecule has 148 valence electrons. The van der Waals surface area contributed by atoms with Crippen molar-refractivity contribution in [2.45, 2.75) is 56.7 Å². The molecule has 3 aliphatic heterocycles. The van der Waals surface area contributed by atoms with Gasteiger partial charge in [-0.15, -0.1) is 0 Å². The van der Waals surface area contributed by atoms with Crippen molar-refractivity contribution in [3.05, 3.63) is 24.4 Å². The lowest BCUT2D eigenvalue weighted by atomic mass is 9.92. The molecule has 0 aromatic carbocycles. The molecule has 4 rings (SSSR count). The summed E-state index contributed by atoms with van der Waals surface area (Å²) in [6.07, 6.45) is 8.07. The van der Waals surface area contributed by atoms with Crippen molar-refractivity contribution in [2.24, 2.45) is 5.92 Å². The Morgan fingerprint density at radius 3 is 2.33 bits per heavy atom. The van der Waals surface area contributed by atoms with Crippen LogP contribution in [0.3, 0.4) is 0 Å². The van der Waals surface area contributed by atoms with Gasteiger partial charge >= 0.3 is 0 Å². The first kappa shape index (κ1) is 18.7. The van der Waals surface area contributed by atoms with Gasteiger partial charge in [0.25, 0.3) is 0 Å². The van der Waals surface area contributed by atoms with E-state index in [9.17, 15) is 13.2 Å². The second-order valence-corrected chi connectivity index (χ2v) is 9.93. The smallest absolute Gasteiger partial charge is 0.226 e. The Kier molecular flexibility index (Phi) is 5.11. The van der Waals surface area contributed by atoms with Gasteiger partial charge in [0.05, 0.1) is 6.26 Å². The molecule has 0 spiro atoms. The summed E-state index contributed by atoms with van der Waals surface area (Å²) in [4.78, 5) is 19.5. The number of fused-ring (bicyclic) bond motifs is 2. The van der Waals surface area contributed by atoms with Crippen LogP contribution in [0.15, 0.2) is 24.4 Å². The minimum Gasteiger partial charge on any atom is -0.474 e. The average molecular weight is 394 g/mol. The summed E-state index contributed by atoms with van der Waals surface area (Å²) in [5.74, 6) is 0.807. The Morgan fingerprint density at radius 1 is 1.11 bits per heavy atom. The standard InChI is InChI=1S/C19H27N3O4S/c1-27(24,25)21-10-7-14(8-11-21)19(23)22-15-5-6-16(22)13-17(12-15)26-18-4-2-3-9-20-18/h2-4,9,14-17H,5-8,10-13H2,1H3. The molecule has 3 saturated heterocycles. The number of amides is 1. The van der Waals surface area contributed by atoms with Crippen LogP contribution in [-0.4, -0.2) is 66.0 Å². The fourth-order valence-corrected chi connectivity index (χ4v) is 5.69. The van der Waals surface area contributed by atoms with Crippen molar-refractivity contribution >= 4 is 15.9 Å². The molecule has 3 aliphatic rings. The maximum Gasteiger partial charge on any atom is 0.226 e. The van der Waals surface area contributed by atoms with Gasteiger partial charge in [-0.2, -0.15) is 0 Å². The lowest BCUT2D eigenvalue weighted by molar-refractivity contribution is -0.142. The molecule has 27 heavy (non-hydrogen) atoms. The lowest BCUT2D eigenvalue weighted by Gasteiger charge is -2.41. The van der Waals surface area contributed by atoms with Crippen LogP contribution in [0.25, 0.3) is 0 Å². The van der Waals surface area contributed by atoms with Gasteiger partial charge in [0.2, 0.25) is 21.8 Å². The molecule has 2 unspecified atom stereocenters. The van der Waals surface area contributed by atoms with E-state index in [0.717, 1.165) is 25.7 Å². The largest absolute Gasteiger partial charge is 0.474 e. The number of carbonyl (C=O) groups is 1. The molecular weight excluding hydrogens is 366 g/mol. The Morgan fingerprint density at radius 2 is 1.78 bits per heavy atom. The van der Waals surface area contributed by atoms with E-state index < -0.39 is 10.0 Å². The van der Waals surface area contributed by atoms with Crippen molar-refractivity contribution in [1.29, 1.82) is 0 Å². The van der Waals surface area contributed by atoms with E-state index in [-0.39, 0.29) is 30.0 Å². The van der Waals surface area contributed by atoms with Crippen molar-refractivity contribution in [2.75, 3.05) is 19.3 Å². The van der Waals surface area contributed by atoms with Crippen LogP contribution < -0.4 is 4.74 Å². The number of rotatable bonds is 4. The van der Waals surface area contributed by atoms with Crippen molar-refractivity contribution in [3.8, 4) is 5.88 Å². The van der Waals surface area contributed by atoms with E-state index >= 15 is 0 Å². The van der Waals surface area contributed by atoms with Gasteiger partial charge in [-0.1, -0.05) is 6.07 Å². The van der Waals surface area contributed by atoms with E-state index in [0.29, 0.717) is 31.8 Å². The summed E-state index contributed by atoms with van der Waals surface area (Å²) in [7, 11) is -3.16. The second-order valence-electron chi connectivity index (χ2n) is 7.95. The Balaban J connectivity index is 1.36. The molecule has 0 aliphatic carbocycles. The molecule has 4 heterocycles. The molecule has 8 heteroatoms. The number of sulfonamides is 1. The predicted molar refractivity (Wildman–Crippen MR) is 101 cm³/mol. The fraction of sp³-hybridized carbons (Fsp3) is 0.684. The van der Waals surface area contributed by atoms with E-state index in [1.54, 1.807) is 6.20 Å². The van der Waals surface area contributed by atoms with E-state index in [4.69, 9.17) is 4.74 Å². The molecule has 0 radical (unpaired) electrons. The van der Waals surface area contributed by atoms with Crippen LogP contribution in [0.2, 0.25) is 0 Å². The molecule has 0 N–H and O–H groups in total. The Labute approximate surface area is 160 Å². The molecule has 3 fully saturated rings. The molecule has 2 bridgehead atoms. The number of hydrogen-bond acceptors (Lipinski definition) is 5. The monoisotopic (exact) mass is 393 g/mol. The van der Waals surface area contributed by atoms with Gasteiger partial charge in [-0.25, -0.2) is 17.7 Å². The number of pyridine rings is 1. The van der Waals surface area contributed by atoms with Gasteiger partial charge in [0.15, 0.2) is 0 Å². The zero-order valence-corrected chi connectivity index (χ0v) is 16.5. The second kappa shape index (κ2) is 7.39. The highest BCUT2D eigenvalue weighted by Crippen LogP contribution is 2.39. The van der Waals surface area contributed by atoms with Crippen molar-refractivity contribution in [3.63, 3.8) is 0 Å². The highest BCUT2D eigenvalue weighted by Gasteiger charge is 2.46. The Bertz CT molecular complexity index is 763. The minimum atomic E-state index is -3.16. The highest BCUT2D eigenvalue weighted by atomic mass is 32.2. The van der Waals surface area contributed by atoms with Crippen molar-refractivity contribution in [1.82, 2.24) is 14.2 Å². The third kappa shape index (κ3) is 3.96. The zero-order chi connectivity index (χ0) is 19.0. The lowest BCUT2D eigenvalue weighted by Crippen LogP contribution is -2.52. The molecular formula is C19H27N3O4S. The van der Waals surface area contributed by atoms with Gasteiger partial charge in [0.1, 0.15) is 6.10 Å². The first-order chi connectivity index (χ1) is 12.9. The summed E-state index contributed by atoms with van der Waals surface area (Å²) in [5, 5.41) is 0. The van der Waals surface area contributed by atoms with Crippen LogP contribution in [0.4, 0.5) is 0 Å². The number of piperidine rings is 2. The molecule has 1 aromatic heterocycles. The summed E-state index contributed by atoms with van der Waals surface area (Å²) in [6.45, 7) is 0.896. The van der Waals surface area contributed by atoms with Crippen LogP contribution in [-0.2, 0) is 14.8 Å². The predicted octanol–water partition coefficient (Wildman–Crippen LogP) is 1.65. The molecule has 7 nitrogen and oxygen atoms in total. The van der Waals surface area contributed by atoms with Gasteiger partial charge in [0, 0.05) is 56.2 Å². The zero-order valence-electron chi connectivity index (χ0n) is 15.7. The molecule has 1 amide bonds. The van der Waals surface area contributed by atoms with Crippen LogP contribution in [0, 0.1) is 5.92 Å². The molecule has 1 aromatic rings. The summed E-state index contributed by atoms with van der Waals surface area (Å²) in [6, 6.07) is 6.12. The van der Waals surface area contributed by atoms with Crippen LogP contribution >= 0.6 is 0 Å². The highest BCUT2D eigenvalue weighted by molar-refractivity contribution is 7.88.